The van der Waals surface area contributed by atoms with Gasteiger partial charge < -0.3 is 15.9 Å². The number of pyridine rings is 1. The van der Waals surface area contributed by atoms with Gasteiger partial charge in [-0.25, -0.2) is 0 Å². The lowest BCUT2D eigenvalue weighted by atomic mass is 10.2. The third-order valence-corrected chi connectivity index (χ3v) is 1.21. The van der Waals surface area contributed by atoms with Gasteiger partial charge in [0.15, 0.2) is 11.3 Å². The summed E-state index contributed by atoms with van der Waals surface area (Å²) in [5.41, 5.74) is 5.06. The van der Waals surface area contributed by atoms with Crippen LogP contribution >= 0.6 is 0 Å². The Labute approximate surface area is 62.2 Å². The minimum Gasteiger partial charge on any atom is -0.409 e. The van der Waals surface area contributed by atoms with E-state index in [1.54, 1.807) is 0 Å². The quantitative estimate of drug-likeness (QED) is 0.219. The van der Waals surface area contributed by atoms with Crippen LogP contribution in [0.15, 0.2) is 28.4 Å². The molecule has 0 aliphatic rings. The highest BCUT2D eigenvalue weighted by molar-refractivity contribution is 5.96. The number of H-pyrrole nitrogens is 1. The average molecular weight is 153 g/mol. The number of nitrogens with zero attached hydrogens (tertiary/aromatic N) is 1. The highest BCUT2D eigenvalue weighted by atomic mass is 16.4. The minimum atomic E-state index is -0.279. The molecule has 5 heteroatoms. The molecule has 1 aromatic heterocycles. The molecule has 1 rings (SSSR count). The molecule has 4 N–H and O–H groups in total. The van der Waals surface area contributed by atoms with Crippen molar-refractivity contribution in [3.8, 4) is 0 Å². The van der Waals surface area contributed by atoms with Crippen LogP contribution in [0.5, 0.6) is 0 Å². The van der Waals surface area contributed by atoms with Gasteiger partial charge in [0.1, 0.15) is 0 Å². The van der Waals surface area contributed by atoms with Crippen LogP contribution in [0.2, 0.25) is 0 Å². The summed E-state index contributed by atoms with van der Waals surface area (Å²) in [6, 6.07) is 1.30. The molecule has 0 saturated carbocycles. The number of nitrogens with two attached hydrogens (primary N) is 1. The maximum Gasteiger partial charge on any atom is 0.192 e. The molecule has 5 nitrogen and oxygen atoms in total. The summed E-state index contributed by atoms with van der Waals surface area (Å²) < 4.78 is 0. The summed E-state index contributed by atoms with van der Waals surface area (Å²) >= 11 is 0. The van der Waals surface area contributed by atoms with E-state index >= 15 is 0 Å². The van der Waals surface area contributed by atoms with E-state index in [9.17, 15) is 4.79 Å². The Morgan fingerprint density at radius 2 is 2.45 bits per heavy atom. The molecule has 0 spiro atoms. The lowest BCUT2D eigenvalue weighted by molar-refractivity contribution is 0.318. The smallest absolute Gasteiger partial charge is 0.192 e. The molecule has 0 fully saturated rings. The molecular weight excluding hydrogens is 146 g/mol. The highest BCUT2D eigenvalue weighted by Gasteiger charge is 2.01. The van der Waals surface area contributed by atoms with Crippen LogP contribution in [0.1, 0.15) is 5.56 Å². The van der Waals surface area contributed by atoms with E-state index in [-0.39, 0.29) is 16.8 Å². The topological polar surface area (TPSA) is 91.5 Å². The van der Waals surface area contributed by atoms with Gasteiger partial charge in [0.2, 0.25) is 0 Å². The molecule has 1 heterocycles. The van der Waals surface area contributed by atoms with Gasteiger partial charge in [-0.1, -0.05) is 5.16 Å². The first-order valence-corrected chi connectivity index (χ1v) is 2.90. The number of oxime groups is 1. The Morgan fingerprint density at radius 1 is 1.73 bits per heavy atom. The monoisotopic (exact) mass is 153 g/mol. The number of rotatable bonds is 1. The summed E-state index contributed by atoms with van der Waals surface area (Å²) in [5.74, 6) is -0.188. The fourth-order valence-electron chi connectivity index (χ4n) is 0.670. The molecule has 0 saturated heterocycles. The van der Waals surface area contributed by atoms with E-state index in [0.717, 1.165) is 0 Å². The summed E-state index contributed by atoms with van der Waals surface area (Å²) in [7, 11) is 0. The summed E-state index contributed by atoms with van der Waals surface area (Å²) in [6.07, 6.45) is 2.84. The van der Waals surface area contributed by atoms with Crippen LogP contribution in [0.3, 0.4) is 0 Å². The molecule has 0 bridgehead atoms. The van der Waals surface area contributed by atoms with Gasteiger partial charge in [-0.05, 0) is 0 Å². The Bertz CT molecular complexity index is 329. The molecule has 1 aromatic rings. The molecule has 58 valence electrons. The van der Waals surface area contributed by atoms with Gasteiger partial charge >= 0.3 is 0 Å². The Morgan fingerprint density at radius 3 is 3.00 bits per heavy atom. The maximum atomic E-state index is 10.9. The molecule has 0 aromatic carbocycles. The average Bonchev–Trinajstić information content (AvgIpc) is 2.04. The van der Waals surface area contributed by atoms with Crippen molar-refractivity contribution in [1.29, 1.82) is 0 Å². The molecular formula is C6H7N3O2. The Balaban J connectivity index is 3.25. The standard InChI is InChI=1S/C6H7N3O2/c7-6(9-11)4-3-8-2-1-5(4)10/h1-3,11H,(H2,7,9)(H,8,10). The zero-order chi connectivity index (χ0) is 8.27. The van der Waals surface area contributed by atoms with E-state index in [1.165, 1.54) is 18.5 Å². The first kappa shape index (κ1) is 7.33. The number of amidine groups is 1. The summed E-state index contributed by atoms with van der Waals surface area (Å²) in [4.78, 5) is 13.6. The SMILES string of the molecule is N/C(=N/O)c1c[nH]ccc1=O. The lowest BCUT2D eigenvalue weighted by Crippen LogP contribution is -2.22. The van der Waals surface area contributed by atoms with Gasteiger partial charge in [-0.2, -0.15) is 0 Å². The van der Waals surface area contributed by atoms with Gasteiger partial charge in [-0.15, -0.1) is 0 Å². The number of hydrogen-bond acceptors (Lipinski definition) is 3. The molecule has 0 amide bonds. The predicted molar refractivity (Wildman–Crippen MR) is 39.6 cm³/mol. The minimum absolute atomic E-state index is 0.162. The van der Waals surface area contributed by atoms with E-state index in [1.807, 2.05) is 0 Å². The highest BCUT2D eigenvalue weighted by Crippen LogP contribution is 1.85. The second-order valence-electron chi connectivity index (χ2n) is 1.91. The zero-order valence-corrected chi connectivity index (χ0v) is 5.61. The second kappa shape index (κ2) is 2.87. The third kappa shape index (κ3) is 1.37. The van der Waals surface area contributed by atoms with Crippen molar-refractivity contribution >= 4 is 5.84 Å². The summed E-state index contributed by atoms with van der Waals surface area (Å²) in [6.45, 7) is 0. The Kier molecular flexibility index (Phi) is 1.91. The molecule has 0 radical (unpaired) electrons. The van der Waals surface area contributed by atoms with Crippen molar-refractivity contribution in [3.05, 3.63) is 34.2 Å². The van der Waals surface area contributed by atoms with Crippen LogP contribution in [-0.2, 0) is 0 Å². The fraction of sp³-hybridized carbons (Fsp3) is 0. The van der Waals surface area contributed by atoms with Crippen LogP contribution in [-0.4, -0.2) is 16.0 Å². The first-order chi connectivity index (χ1) is 5.25. The fourth-order valence-corrected chi connectivity index (χ4v) is 0.670. The van der Waals surface area contributed by atoms with Crippen LogP contribution in [0, 0.1) is 0 Å². The van der Waals surface area contributed by atoms with Crippen molar-refractivity contribution in [2.45, 2.75) is 0 Å². The predicted octanol–water partition coefficient (Wildman–Crippen LogP) is -0.531. The van der Waals surface area contributed by atoms with Gasteiger partial charge in [0.05, 0.1) is 5.56 Å². The first-order valence-electron chi connectivity index (χ1n) is 2.90. The van der Waals surface area contributed by atoms with Crippen molar-refractivity contribution in [3.63, 3.8) is 0 Å². The van der Waals surface area contributed by atoms with Crippen molar-refractivity contribution < 1.29 is 5.21 Å². The summed E-state index contributed by atoms with van der Waals surface area (Å²) in [5, 5.41) is 10.9. The van der Waals surface area contributed by atoms with Gasteiger partial charge in [-0.3, -0.25) is 4.79 Å². The molecule has 11 heavy (non-hydrogen) atoms. The van der Waals surface area contributed by atoms with E-state index in [0.29, 0.717) is 0 Å². The van der Waals surface area contributed by atoms with Crippen LogP contribution in [0.4, 0.5) is 0 Å². The number of hydrogen-bond donors (Lipinski definition) is 3. The molecule has 0 atom stereocenters. The zero-order valence-electron chi connectivity index (χ0n) is 5.61. The number of aromatic amines is 1. The number of nitrogens with one attached hydrogen (secondary N) is 1. The van der Waals surface area contributed by atoms with E-state index in [4.69, 9.17) is 10.9 Å². The Hall–Kier alpha value is -1.78. The van der Waals surface area contributed by atoms with Gasteiger partial charge in [0, 0.05) is 18.5 Å². The third-order valence-electron chi connectivity index (χ3n) is 1.21. The number of aromatic nitrogens is 1. The van der Waals surface area contributed by atoms with E-state index < -0.39 is 0 Å². The second-order valence-corrected chi connectivity index (χ2v) is 1.91. The van der Waals surface area contributed by atoms with Crippen LogP contribution < -0.4 is 11.2 Å². The van der Waals surface area contributed by atoms with Crippen molar-refractivity contribution in [1.82, 2.24) is 4.98 Å². The van der Waals surface area contributed by atoms with Crippen molar-refractivity contribution in [2.75, 3.05) is 0 Å². The van der Waals surface area contributed by atoms with Gasteiger partial charge in [0.25, 0.3) is 0 Å². The molecule has 0 aliphatic carbocycles. The maximum absolute atomic E-state index is 10.9. The molecule has 0 unspecified atom stereocenters. The van der Waals surface area contributed by atoms with Crippen LogP contribution in [0.25, 0.3) is 0 Å². The van der Waals surface area contributed by atoms with E-state index in [2.05, 4.69) is 10.1 Å². The molecule has 0 aliphatic heterocycles. The lowest BCUT2D eigenvalue weighted by Gasteiger charge is -1.93. The normalized spacial score (nSPS) is 11.5. The largest absolute Gasteiger partial charge is 0.409 e. The van der Waals surface area contributed by atoms with Crippen molar-refractivity contribution in [2.24, 2.45) is 10.9 Å².